The standard InChI is InChI=1S/C36H29N3O3/c1-24-10-9-15-30-33(24)26(23-38(30)20-21-42-27-12-3-2-4-13-27)22-31-35(37-32-16-7-8-19-39(31)32)29-18-17-25-11-5-6-14-28(25)34(29)36(40)41/h2-19,23H,20-22H2,1H3,(H,40,41). The fourth-order valence-corrected chi connectivity index (χ4v) is 6.04. The van der Waals surface area contributed by atoms with Crippen molar-refractivity contribution in [2.24, 2.45) is 0 Å². The second kappa shape index (κ2) is 10.6. The zero-order valence-corrected chi connectivity index (χ0v) is 23.2. The molecule has 0 bridgehead atoms. The molecule has 0 amide bonds. The topological polar surface area (TPSA) is 68.8 Å². The second-order valence-electron chi connectivity index (χ2n) is 10.5. The normalized spacial score (nSPS) is 11.5. The zero-order valence-electron chi connectivity index (χ0n) is 23.2. The van der Waals surface area contributed by atoms with Crippen LogP contribution in [0.4, 0.5) is 0 Å². The highest BCUT2D eigenvalue weighted by Gasteiger charge is 2.23. The van der Waals surface area contributed by atoms with Gasteiger partial charge in [-0.3, -0.25) is 0 Å². The lowest BCUT2D eigenvalue weighted by Gasteiger charge is -2.11. The number of benzene rings is 4. The number of aromatic nitrogens is 3. The number of ether oxygens (including phenoxy) is 1. The average Bonchev–Trinajstić information content (AvgIpc) is 3.56. The Morgan fingerprint density at radius 1 is 0.881 bits per heavy atom. The molecule has 7 aromatic rings. The van der Waals surface area contributed by atoms with Gasteiger partial charge in [-0.05, 0) is 59.2 Å². The number of aromatic carboxylic acids is 1. The number of hydrogen-bond donors (Lipinski definition) is 1. The van der Waals surface area contributed by atoms with E-state index in [2.05, 4.69) is 40.3 Å². The molecular weight excluding hydrogens is 522 g/mol. The van der Waals surface area contributed by atoms with Crippen molar-refractivity contribution in [2.45, 2.75) is 19.9 Å². The van der Waals surface area contributed by atoms with Crippen molar-refractivity contribution in [3.63, 3.8) is 0 Å². The maximum atomic E-state index is 12.7. The van der Waals surface area contributed by atoms with Crippen molar-refractivity contribution < 1.29 is 14.6 Å². The van der Waals surface area contributed by atoms with Crippen molar-refractivity contribution in [2.75, 3.05) is 6.61 Å². The molecule has 0 fully saturated rings. The van der Waals surface area contributed by atoms with Crippen LogP contribution in [0.2, 0.25) is 0 Å². The van der Waals surface area contributed by atoms with Crippen LogP contribution in [0.3, 0.4) is 0 Å². The molecule has 0 saturated heterocycles. The van der Waals surface area contributed by atoms with E-state index >= 15 is 0 Å². The Balaban J connectivity index is 1.35. The van der Waals surface area contributed by atoms with Crippen molar-refractivity contribution in [1.29, 1.82) is 0 Å². The lowest BCUT2D eigenvalue weighted by atomic mass is 9.94. The molecule has 0 aliphatic heterocycles. The first-order valence-electron chi connectivity index (χ1n) is 14.0. The maximum absolute atomic E-state index is 12.7. The average molecular weight is 552 g/mol. The van der Waals surface area contributed by atoms with Gasteiger partial charge >= 0.3 is 5.97 Å². The summed E-state index contributed by atoms with van der Waals surface area (Å²) < 4.78 is 10.4. The molecular formula is C36H29N3O3. The number of para-hydroxylation sites is 1. The van der Waals surface area contributed by atoms with Crippen LogP contribution >= 0.6 is 0 Å². The predicted molar refractivity (Wildman–Crippen MR) is 167 cm³/mol. The van der Waals surface area contributed by atoms with Crippen molar-refractivity contribution >= 4 is 33.3 Å². The van der Waals surface area contributed by atoms with E-state index in [0.717, 1.165) is 33.6 Å². The fraction of sp³-hybridized carbons (Fsp3) is 0.111. The van der Waals surface area contributed by atoms with E-state index in [-0.39, 0.29) is 5.56 Å². The number of hydrogen-bond acceptors (Lipinski definition) is 3. The molecule has 0 unspecified atom stereocenters. The number of rotatable bonds is 8. The SMILES string of the molecule is Cc1cccc2c1c(Cc1c(-c3ccc4ccccc4c3C(=O)O)nc3ccccn13)cn2CCOc1ccccc1. The summed E-state index contributed by atoms with van der Waals surface area (Å²) >= 11 is 0. The predicted octanol–water partition coefficient (Wildman–Crippen LogP) is 7.79. The summed E-state index contributed by atoms with van der Waals surface area (Å²) in [6.07, 6.45) is 4.79. The minimum atomic E-state index is -0.962. The zero-order chi connectivity index (χ0) is 28.6. The van der Waals surface area contributed by atoms with Crippen LogP contribution in [0.1, 0.15) is 27.2 Å². The van der Waals surface area contributed by atoms with Gasteiger partial charge in [0.2, 0.25) is 0 Å². The first kappa shape index (κ1) is 25.6. The summed E-state index contributed by atoms with van der Waals surface area (Å²) in [6, 6.07) is 33.6. The van der Waals surface area contributed by atoms with E-state index in [4.69, 9.17) is 9.72 Å². The monoisotopic (exact) mass is 551 g/mol. The van der Waals surface area contributed by atoms with Gasteiger partial charge in [0, 0.05) is 35.3 Å². The van der Waals surface area contributed by atoms with E-state index in [9.17, 15) is 9.90 Å². The number of carboxylic acid groups (broad SMARTS) is 1. The first-order chi connectivity index (χ1) is 20.6. The van der Waals surface area contributed by atoms with Crippen LogP contribution in [-0.4, -0.2) is 31.6 Å². The van der Waals surface area contributed by atoms with Gasteiger partial charge in [0.05, 0.1) is 23.5 Å². The summed E-state index contributed by atoms with van der Waals surface area (Å²) in [6.45, 7) is 3.38. The molecule has 0 aliphatic carbocycles. The lowest BCUT2D eigenvalue weighted by Crippen LogP contribution is -2.07. The van der Waals surface area contributed by atoms with Crippen molar-refractivity contribution in [3.8, 4) is 17.0 Å². The van der Waals surface area contributed by atoms with Gasteiger partial charge in [-0.2, -0.15) is 0 Å². The number of pyridine rings is 1. The maximum Gasteiger partial charge on any atom is 0.337 e. The summed E-state index contributed by atoms with van der Waals surface area (Å²) in [5.74, 6) is -0.110. The summed E-state index contributed by atoms with van der Waals surface area (Å²) in [5.41, 5.74) is 6.81. The van der Waals surface area contributed by atoms with Gasteiger partial charge in [-0.25, -0.2) is 9.78 Å². The summed E-state index contributed by atoms with van der Waals surface area (Å²) in [4.78, 5) is 17.7. The third kappa shape index (κ3) is 4.47. The Morgan fingerprint density at radius 2 is 1.69 bits per heavy atom. The first-order valence-corrected chi connectivity index (χ1v) is 14.0. The van der Waals surface area contributed by atoms with E-state index in [0.29, 0.717) is 36.2 Å². The Morgan fingerprint density at radius 3 is 2.55 bits per heavy atom. The molecule has 4 aromatic carbocycles. The summed E-state index contributed by atoms with van der Waals surface area (Å²) in [7, 11) is 0. The van der Waals surface area contributed by atoms with Gasteiger partial charge in [0.25, 0.3) is 0 Å². The number of fused-ring (bicyclic) bond motifs is 3. The number of carboxylic acids is 1. The highest BCUT2D eigenvalue weighted by atomic mass is 16.5. The third-order valence-corrected chi connectivity index (χ3v) is 7.92. The Kier molecular flexibility index (Phi) is 6.44. The van der Waals surface area contributed by atoms with Crippen LogP contribution < -0.4 is 4.74 Å². The molecule has 42 heavy (non-hydrogen) atoms. The number of aryl methyl sites for hydroxylation is 1. The van der Waals surface area contributed by atoms with Gasteiger partial charge in [-0.15, -0.1) is 0 Å². The van der Waals surface area contributed by atoms with Gasteiger partial charge in [-0.1, -0.05) is 72.8 Å². The molecule has 1 N–H and O–H groups in total. The number of imidazole rings is 1. The van der Waals surface area contributed by atoms with Gasteiger partial charge < -0.3 is 18.8 Å². The van der Waals surface area contributed by atoms with Crippen LogP contribution in [-0.2, 0) is 13.0 Å². The van der Waals surface area contributed by atoms with Crippen molar-refractivity contribution in [1.82, 2.24) is 14.0 Å². The number of carbonyl (C=O) groups is 1. The van der Waals surface area contributed by atoms with Crippen LogP contribution in [0.15, 0.2) is 116 Å². The highest BCUT2D eigenvalue weighted by Crippen LogP contribution is 2.35. The second-order valence-corrected chi connectivity index (χ2v) is 10.5. The van der Waals surface area contributed by atoms with E-state index in [1.807, 2.05) is 91.1 Å². The molecule has 0 saturated carbocycles. The molecule has 3 heterocycles. The van der Waals surface area contributed by atoms with E-state index in [1.165, 1.54) is 10.9 Å². The fourth-order valence-electron chi connectivity index (χ4n) is 6.04. The minimum Gasteiger partial charge on any atom is -0.492 e. The third-order valence-electron chi connectivity index (χ3n) is 7.92. The largest absolute Gasteiger partial charge is 0.492 e. The molecule has 0 aliphatic rings. The molecule has 7 rings (SSSR count). The summed E-state index contributed by atoms with van der Waals surface area (Å²) in [5, 5.41) is 13.2. The van der Waals surface area contributed by atoms with E-state index in [1.54, 1.807) is 0 Å². The molecule has 6 nitrogen and oxygen atoms in total. The van der Waals surface area contributed by atoms with Gasteiger partial charge in [0.15, 0.2) is 0 Å². The smallest absolute Gasteiger partial charge is 0.337 e. The Hall–Kier alpha value is -5.36. The Labute approximate surface area is 243 Å². The quantitative estimate of drug-likeness (QED) is 0.209. The number of nitrogens with zero attached hydrogens (tertiary/aromatic N) is 3. The molecule has 0 spiro atoms. The highest BCUT2D eigenvalue weighted by molar-refractivity contribution is 6.09. The molecule has 3 aromatic heterocycles. The molecule has 206 valence electrons. The van der Waals surface area contributed by atoms with E-state index < -0.39 is 5.97 Å². The minimum absolute atomic E-state index is 0.273. The molecule has 0 radical (unpaired) electrons. The van der Waals surface area contributed by atoms with Crippen molar-refractivity contribution in [3.05, 3.63) is 138 Å². The van der Waals surface area contributed by atoms with Crippen LogP contribution in [0.5, 0.6) is 5.75 Å². The molecule has 0 atom stereocenters. The Bertz CT molecular complexity index is 2090. The van der Waals surface area contributed by atoms with Gasteiger partial charge in [0.1, 0.15) is 18.0 Å². The van der Waals surface area contributed by atoms with Crippen LogP contribution in [0, 0.1) is 6.92 Å². The lowest BCUT2D eigenvalue weighted by molar-refractivity contribution is 0.0700. The van der Waals surface area contributed by atoms with Crippen LogP contribution in [0.25, 0.3) is 38.6 Å². The molecule has 6 heteroatoms.